The van der Waals surface area contributed by atoms with Crippen LogP contribution in [0, 0.1) is 39.3 Å². The molecule has 4 N–H and O–H groups in total. The van der Waals surface area contributed by atoms with E-state index in [-0.39, 0.29) is 11.6 Å². The molecule has 0 radical (unpaired) electrons. The molecule has 8 heterocycles. The number of aromatic amines is 2. The topological polar surface area (TPSA) is 167 Å². The minimum absolute atomic E-state index is 0.341. The van der Waals surface area contributed by atoms with Crippen LogP contribution >= 0.6 is 23.2 Å². The third kappa shape index (κ3) is 10.5. The van der Waals surface area contributed by atoms with Gasteiger partial charge in [0, 0.05) is 96.8 Å². The van der Waals surface area contributed by atoms with Crippen LogP contribution in [0.1, 0.15) is 56.4 Å². The van der Waals surface area contributed by atoms with E-state index in [0.29, 0.717) is 83.7 Å². The van der Waals surface area contributed by atoms with E-state index >= 15 is 0 Å². The lowest BCUT2D eigenvalue weighted by Crippen LogP contribution is -2.35. The van der Waals surface area contributed by atoms with Gasteiger partial charge in [-0.3, -0.25) is 20.0 Å². The Kier molecular flexibility index (Phi) is 13.6. The Morgan fingerprint density at radius 2 is 0.970 bits per heavy atom. The molecule has 0 amide bonds. The van der Waals surface area contributed by atoms with E-state index in [0.717, 1.165) is 95.9 Å². The van der Waals surface area contributed by atoms with E-state index < -0.39 is 0 Å². The minimum Gasteiger partial charge on any atom is -0.379 e. The van der Waals surface area contributed by atoms with Gasteiger partial charge in [-0.25, -0.2) is 27.8 Å². The van der Waals surface area contributed by atoms with Gasteiger partial charge < -0.3 is 20.1 Å². The van der Waals surface area contributed by atoms with Crippen molar-refractivity contribution in [2.75, 3.05) is 63.2 Å². The van der Waals surface area contributed by atoms with Crippen LogP contribution in [0.15, 0.2) is 60.7 Å². The number of aromatic nitrogens is 10. The Hall–Kier alpha value is -6.02. The van der Waals surface area contributed by atoms with Gasteiger partial charge in [0.25, 0.3) is 0 Å². The first kappa shape index (κ1) is 45.1. The minimum atomic E-state index is -0.341. The number of H-pyrrole nitrogens is 2. The van der Waals surface area contributed by atoms with Gasteiger partial charge in [-0.1, -0.05) is 35.3 Å². The van der Waals surface area contributed by atoms with E-state index in [1.165, 1.54) is 12.1 Å². The van der Waals surface area contributed by atoms with E-state index in [1.54, 1.807) is 24.3 Å². The van der Waals surface area contributed by atoms with Crippen LogP contribution in [-0.4, -0.2) is 112 Å². The highest BCUT2D eigenvalue weighted by Crippen LogP contribution is 2.27. The lowest BCUT2D eigenvalue weighted by atomic mass is 10.1. The summed E-state index contributed by atoms with van der Waals surface area (Å²) in [5.74, 6) is 1.97. The van der Waals surface area contributed by atoms with Gasteiger partial charge in [0.05, 0.1) is 49.2 Å². The predicted molar refractivity (Wildman–Crippen MR) is 249 cm³/mol. The molecule has 0 aliphatic carbocycles. The summed E-state index contributed by atoms with van der Waals surface area (Å²) in [6.07, 6.45) is 0.704. The molecule has 16 nitrogen and oxygen atoms in total. The number of hydrogen-bond acceptors (Lipinski definition) is 12. The molecule has 344 valence electrons. The van der Waals surface area contributed by atoms with Gasteiger partial charge in [0.2, 0.25) is 0 Å². The van der Waals surface area contributed by atoms with Crippen molar-refractivity contribution < 1.29 is 18.3 Å². The molecule has 2 fully saturated rings. The zero-order chi connectivity index (χ0) is 45.9. The number of benzene rings is 2. The lowest BCUT2D eigenvalue weighted by molar-refractivity contribution is 0.0342. The van der Waals surface area contributed by atoms with Crippen molar-refractivity contribution in [2.45, 2.75) is 53.6 Å². The largest absolute Gasteiger partial charge is 0.379 e. The van der Waals surface area contributed by atoms with Crippen LogP contribution in [0.25, 0.3) is 11.3 Å². The maximum atomic E-state index is 14.6. The van der Waals surface area contributed by atoms with Crippen molar-refractivity contribution in [2.24, 2.45) is 0 Å². The summed E-state index contributed by atoms with van der Waals surface area (Å²) in [5, 5.41) is 31.3. The highest BCUT2D eigenvalue weighted by Gasteiger charge is 2.22. The number of nitrogens with zero attached hydrogens (tertiary/aromatic N) is 10. The average Bonchev–Trinajstić information content (AvgIpc) is 4.06. The predicted octanol–water partition coefficient (Wildman–Crippen LogP) is 8.06. The fourth-order valence-corrected chi connectivity index (χ4v) is 8.46. The van der Waals surface area contributed by atoms with Gasteiger partial charge in [0.15, 0.2) is 34.6 Å². The molecule has 0 bridgehead atoms. The van der Waals surface area contributed by atoms with Crippen LogP contribution < -0.4 is 10.6 Å². The van der Waals surface area contributed by atoms with Gasteiger partial charge in [-0.05, 0) is 75.2 Å². The fourth-order valence-electron chi connectivity index (χ4n) is 8.15. The molecule has 2 aliphatic rings. The SMILES string of the molecule is Cc1cc(Nc2cc(CN3CCOCC3)c3nc(C)c(Cc4ccc(Cl)cc4F)n3n2)n[nH]1.Cc1cc(Nc2cc(CN3CCOCC3)c3nc(C)c(Cc4ccc(Cl)cc4F)n3n2)n[nH]1. The zero-order valence-electron chi connectivity index (χ0n) is 37.1. The zero-order valence-corrected chi connectivity index (χ0v) is 38.6. The van der Waals surface area contributed by atoms with Crippen molar-refractivity contribution in [1.82, 2.24) is 59.4 Å². The summed E-state index contributed by atoms with van der Waals surface area (Å²) >= 11 is 11.9. The van der Waals surface area contributed by atoms with Crippen molar-refractivity contribution in [1.29, 1.82) is 0 Å². The third-order valence-electron chi connectivity index (χ3n) is 11.6. The van der Waals surface area contributed by atoms with Crippen LogP contribution in [0.4, 0.5) is 32.1 Å². The van der Waals surface area contributed by atoms with Crippen LogP contribution in [-0.2, 0) is 35.4 Å². The number of anilines is 4. The molecular weight excluding hydrogens is 890 g/mol. The molecule has 0 unspecified atom stereocenters. The van der Waals surface area contributed by atoms with Crippen molar-refractivity contribution in [3.05, 3.63) is 139 Å². The number of hydrogen-bond donors (Lipinski definition) is 4. The highest BCUT2D eigenvalue weighted by molar-refractivity contribution is 6.30. The van der Waals surface area contributed by atoms with Crippen molar-refractivity contribution in [3.63, 3.8) is 0 Å². The van der Waals surface area contributed by atoms with E-state index in [2.05, 4.69) is 40.8 Å². The Bertz CT molecular complexity index is 2790. The van der Waals surface area contributed by atoms with Crippen molar-refractivity contribution >= 4 is 57.8 Å². The van der Waals surface area contributed by atoms with Crippen molar-refractivity contribution in [3.8, 4) is 0 Å². The molecule has 0 atom stereocenters. The standard InChI is InChI=1S/2C23H25ClFN7O/c2*1-14-9-21(29-28-14)27-22-11-17(13-31-5-7-33-8-6-31)23-26-15(2)20(32(23)30-22)10-16-3-4-18(24)12-19(16)25/h2*3-4,9,11-12H,5-8,10,13H2,1-2H3,(H2,27,28,29,30). The molecule has 0 spiro atoms. The maximum Gasteiger partial charge on any atom is 0.158 e. The summed E-state index contributed by atoms with van der Waals surface area (Å²) in [6.45, 7) is 15.5. The lowest BCUT2D eigenvalue weighted by Gasteiger charge is -2.26. The Morgan fingerprint density at radius 3 is 1.33 bits per heavy atom. The highest BCUT2D eigenvalue weighted by atomic mass is 35.5. The summed E-state index contributed by atoms with van der Waals surface area (Å²) in [5.41, 5.74) is 9.88. The normalized spacial score (nSPS) is 14.8. The van der Waals surface area contributed by atoms with E-state index in [9.17, 15) is 8.78 Å². The maximum absolute atomic E-state index is 14.6. The molecule has 6 aromatic heterocycles. The average molecular weight is 940 g/mol. The van der Waals surface area contributed by atoms with Crippen LogP contribution in [0.2, 0.25) is 10.0 Å². The van der Waals surface area contributed by atoms with Crippen LogP contribution in [0.5, 0.6) is 0 Å². The number of aryl methyl sites for hydroxylation is 4. The summed E-state index contributed by atoms with van der Waals surface area (Å²) < 4.78 is 43.7. The number of morpholine rings is 2. The summed E-state index contributed by atoms with van der Waals surface area (Å²) in [4.78, 5) is 14.3. The monoisotopic (exact) mass is 938 g/mol. The molecular formula is C46H50Cl2F2N14O2. The quantitative estimate of drug-likeness (QED) is 0.0933. The number of ether oxygens (including phenoxy) is 2. The Morgan fingerprint density at radius 1 is 0.561 bits per heavy atom. The Labute approximate surface area is 389 Å². The second kappa shape index (κ2) is 19.8. The number of nitrogens with one attached hydrogen (secondary N) is 4. The molecule has 2 aromatic carbocycles. The second-order valence-electron chi connectivity index (χ2n) is 16.6. The first-order valence-electron chi connectivity index (χ1n) is 21.7. The second-order valence-corrected chi connectivity index (χ2v) is 17.5. The van der Waals surface area contributed by atoms with Gasteiger partial charge in [-0.2, -0.15) is 10.2 Å². The number of rotatable bonds is 12. The van der Waals surface area contributed by atoms with E-state index in [1.807, 2.05) is 61.0 Å². The molecule has 2 saturated heterocycles. The molecule has 20 heteroatoms. The third-order valence-corrected chi connectivity index (χ3v) is 12.0. The van der Waals surface area contributed by atoms with Crippen LogP contribution in [0.3, 0.4) is 0 Å². The van der Waals surface area contributed by atoms with E-state index in [4.69, 9.17) is 52.8 Å². The molecule has 2 aliphatic heterocycles. The number of halogens is 4. The number of imidazole rings is 2. The molecule has 66 heavy (non-hydrogen) atoms. The smallest absolute Gasteiger partial charge is 0.158 e. The fraction of sp³-hybridized carbons (Fsp3) is 0.348. The molecule has 8 aromatic rings. The Balaban J connectivity index is 0.000000166. The van der Waals surface area contributed by atoms with Gasteiger partial charge in [-0.15, -0.1) is 10.2 Å². The molecule has 0 saturated carbocycles. The first-order valence-corrected chi connectivity index (χ1v) is 22.5. The summed E-state index contributed by atoms with van der Waals surface area (Å²) in [7, 11) is 0. The molecule has 10 rings (SSSR count). The van der Waals surface area contributed by atoms with Gasteiger partial charge >= 0.3 is 0 Å². The first-order chi connectivity index (χ1) is 31.9. The number of fused-ring (bicyclic) bond motifs is 2. The van der Waals surface area contributed by atoms with Gasteiger partial charge in [0.1, 0.15) is 11.6 Å². The summed E-state index contributed by atoms with van der Waals surface area (Å²) in [6, 6.07) is 17.3.